The van der Waals surface area contributed by atoms with Crippen LogP contribution in [0.25, 0.3) is 78.8 Å². The molecule has 9 aromatic rings. The molecule has 7 heteroatoms. The van der Waals surface area contributed by atoms with Crippen LogP contribution in [-0.2, 0) is 0 Å². The third-order valence-corrected chi connectivity index (χ3v) is 8.26. The monoisotopic (exact) mass is 591 g/mol. The maximum atomic E-state index is 5.28. The third-order valence-electron chi connectivity index (χ3n) is 8.26. The lowest BCUT2D eigenvalue weighted by Crippen LogP contribution is -2.07. The number of fused-ring (bicyclic) bond motifs is 4. The fraction of sp³-hybridized carbons (Fsp3) is 0. The van der Waals surface area contributed by atoms with Crippen molar-refractivity contribution in [3.8, 4) is 45.9 Å². The first kappa shape index (κ1) is 26.0. The van der Waals surface area contributed by atoms with E-state index in [0.717, 1.165) is 49.7 Å². The summed E-state index contributed by atoms with van der Waals surface area (Å²) in [6.07, 6.45) is 2.03. The van der Waals surface area contributed by atoms with Crippen molar-refractivity contribution in [2.45, 2.75) is 0 Å². The summed E-state index contributed by atoms with van der Waals surface area (Å²) in [5, 5.41) is 3.12. The lowest BCUT2D eigenvalue weighted by molar-refractivity contribution is 0.976. The summed E-state index contributed by atoms with van der Waals surface area (Å²) < 4.78 is 4.22. The normalized spacial score (nSPS) is 11.5. The van der Waals surface area contributed by atoms with E-state index in [9.17, 15) is 0 Å². The second kappa shape index (κ2) is 10.6. The SMILES string of the molecule is c1ccc(-c2nc(-c3ccccc3)nc(-c3nc(-n4c5ccccc5c5ccccc54)nc4c3ccn4-c3ccccc3)n2)cc1. The quantitative estimate of drug-likeness (QED) is 0.200. The van der Waals surface area contributed by atoms with Crippen LogP contribution in [0.5, 0.6) is 0 Å². The highest BCUT2D eigenvalue weighted by Gasteiger charge is 2.22. The van der Waals surface area contributed by atoms with Crippen LogP contribution in [0.15, 0.2) is 152 Å². The molecule has 0 radical (unpaired) electrons. The lowest BCUT2D eigenvalue weighted by Gasteiger charge is -2.12. The Morgan fingerprint density at radius 1 is 0.391 bits per heavy atom. The summed E-state index contributed by atoms with van der Waals surface area (Å²) in [5.74, 6) is 2.18. The number of para-hydroxylation sites is 3. The van der Waals surface area contributed by atoms with Crippen molar-refractivity contribution in [1.82, 2.24) is 34.1 Å². The number of aromatic nitrogens is 7. The third kappa shape index (κ3) is 4.25. The van der Waals surface area contributed by atoms with E-state index in [1.165, 1.54) is 0 Å². The highest BCUT2D eigenvalue weighted by molar-refractivity contribution is 6.09. The number of rotatable bonds is 5. The van der Waals surface area contributed by atoms with E-state index in [4.69, 9.17) is 24.9 Å². The molecule has 0 amide bonds. The van der Waals surface area contributed by atoms with Gasteiger partial charge in [-0.2, -0.15) is 4.98 Å². The van der Waals surface area contributed by atoms with Crippen LogP contribution >= 0.6 is 0 Å². The van der Waals surface area contributed by atoms with Gasteiger partial charge in [0, 0.05) is 39.2 Å². The predicted molar refractivity (Wildman–Crippen MR) is 183 cm³/mol. The number of hydrogen-bond donors (Lipinski definition) is 0. The Balaban J connectivity index is 1.38. The van der Waals surface area contributed by atoms with Gasteiger partial charge in [0.15, 0.2) is 23.1 Å². The molecule has 216 valence electrons. The molecule has 0 aliphatic heterocycles. The molecule has 0 saturated carbocycles. The largest absolute Gasteiger partial charge is 0.301 e. The zero-order chi connectivity index (χ0) is 30.5. The fourth-order valence-electron chi connectivity index (χ4n) is 6.12. The Morgan fingerprint density at radius 2 is 0.891 bits per heavy atom. The van der Waals surface area contributed by atoms with Crippen LogP contribution in [-0.4, -0.2) is 34.1 Å². The predicted octanol–water partition coefficient (Wildman–Crippen LogP) is 8.70. The fourth-order valence-corrected chi connectivity index (χ4v) is 6.12. The Hall–Kier alpha value is -6.47. The Bertz CT molecular complexity index is 2410. The van der Waals surface area contributed by atoms with Crippen molar-refractivity contribution in [3.63, 3.8) is 0 Å². The van der Waals surface area contributed by atoms with Crippen molar-refractivity contribution in [2.24, 2.45) is 0 Å². The van der Waals surface area contributed by atoms with E-state index in [1.807, 2.05) is 103 Å². The van der Waals surface area contributed by atoms with Crippen LogP contribution in [0.3, 0.4) is 0 Å². The summed E-state index contributed by atoms with van der Waals surface area (Å²) in [4.78, 5) is 25.5. The second-order valence-corrected chi connectivity index (χ2v) is 11.0. The van der Waals surface area contributed by atoms with Crippen LogP contribution in [0, 0.1) is 0 Å². The summed E-state index contributed by atoms with van der Waals surface area (Å²) in [6.45, 7) is 0. The van der Waals surface area contributed by atoms with Gasteiger partial charge in [0.25, 0.3) is 0 Å². The summed E-state index contributed by atoms with van der Waals surface area (Å²) >= 11 is 0. The zero-order valence-electron chi connectivity index (χ0n) is 24.6. The Morgan fingerprint density at radius 3 is 1.48 bits per heavy atom. The minimum atomic E-state index is 0.480. The number of hydrogen-bond acceptors (Lipinski definition) is 5. The highest BCUT2D eigenvalue weighted by atomic mass is 15.2. The van der Waals surface area contributed by atoms with Gasteiger partial charge >= 0.3 is 0 Å². The summed E-state index contributed by atoms with van der Waals surface area (Å²) in [7, 11) is 0. The lowest BCUT2D eigenvalue weighted by atomic mass is 10.2. The first-order valence-electron chi connectivity index (χ1n) is 15.1. The van der Waals surface area contributed by atoms with Gasteiger partial charge in [0.2, 0.25) is 5.95 Å². The van der Waals surface area contributed by atoms with Crippen molar-refractivity contribution < 1.29 is 0 Å². The van der Waals surface area contributed by atoms with E-state index < -0.39 is 0 Å². The molecule has 0 bridgehead atoms. The average molecular weight is 592 g/mol. The number of benzene rings is 5. The molecule has 0 aliphatic rings. The first-order chi connectivity index (χ1) is 22.8. The summed E-state index contributed by atoms with van der Waals surface area (Å²) in [5.41, 5.74) is 6.25. The molecule has 4 heterocycles. The molecule has 0 unspecified atom stereocenters. The molecular formula is C39H25N7. The van der Waals surface area contributed by atoms with E-state index in [1.54, 1.807) is 0 Å². The van der Waals surface area contributed by atoms with Gasteiger partial charge < -0.3 is 4.57 Å². The van der Waals surface area contributed by atoms with Crippen LogP contribution in [0.1, 0.15) is 0 Å². The van der Waals surface area contributed by atoms with Crippen molar-refractivity contribution >= 4 is 32.8 Å². The topological polar surface area (TPSA) is 74.3 Å². The van der Waals surface area contributed by atoms with Gasteiger partial charge in [-0.05, 0) is 30.3 Å². The van der Waals surface area contributed by atoms with E-state index in [2.05, 4.69) is 57.7 Å². The molecule has 0 saturated heterocycles. The van der Waals surface area contributed by atoms with E-state index >= 15 is 0 Å². The molecule has 0 aliphatic carbocycles. The van der Waals surface area contributed by atoms with Gasteiger partial charge in [-0.3, -0.25) is 4.57 Å². The molecule has 5 aromatic carbocycles. The molecule has 4 aromatic heterocycles. The zero-order valence-corrected chi connectivity index (χ0v) is 24.6. The van der Waals surface area contributed by atoms with Gasteiger partial charge in [-0.1, -0.05) is 115 Å². The molecular weight excluding hydrogens is 566 g/mol. The average Bonchev–Trinajstić information content (AvgIpc) is 3.72. The van der Waals surface area contributed by atoms with Gasteiger partial charge in [0.05, 0.1) is 11.0 Å². The van der Waals surface area contributed by atoms with E-state index in [0.29, 0.717) is 29.1 Å². The molecule has 0 spiro atoms. The number of nitrogens with zero attached hydrogens (tertiary/aromatic N) is 7. The minimum absolute atomic E-state index is 0.480. The maximum absolute atomic E-state index is 5.28. The van der Waals surface area contributed by atoms with Gasteiger partial charge in [-0.25, -0.2) is 19.9 Å². The smallest absolute Gasteiger partial charge is 0.237 e. The first-order valence-corrected chi connectivity index (χ1v) is 15.1. The van der Waals surface area contributed by atoms with Gasteiger partial charge in [-0.15, -0.1) is 0 Å². The van der Waals surface area contributed by atoms with Crippen molar-refractivity contribution in [2.75, 3.05) is 0 Å². The molecule has 9 rings (SSSR count). The summed E-state index contributed by atoms with van der Waals surface area (Å²) in [6, 6.07) is 49.0. The molecule has 0 atom stereocenters. The molecule has 0 fully saturated rings. The standard InChI is InChI=1S/C39H25N7/c1-4-14-26(15-5-1)35-41-36(27-16-6-2-7-17-27)43-37(42-35)34-31-24-25-45(28-18-8-3-9-19-28)38(31)44-39(40-34)46-32-22-12-10-20-29(32)30-21-11-13-23-33(30)46/h1-25H. The van der Waals surface area contributed by atoms with Crippen LogP contribution in [0.2, 0.25) is 0 Å². The van der Waals surface area contributed by atoms with Gasteiger partial charge in [0.1, 0.15) is 5.69 Å². The highest BCUT2D eigenvalue weighted by Crippen LogP contribution is 2.34. The maximum Gasteiger partial charge on any atom is 0.237 e. The van der Waals surface area contributed by atoms with Crippen molar-refractivity contribution in [3.05, 3.63) is 152 Å². The Labute approximate surface area is 264 Å². The van der Waals surface area contributed by atoms with Crippen molar-refractivity contribution in [1.29, 1.82) is 0 Å². The minimum Gasteiger partial charge on any atom is -0.301 e. The molecule has 7 nitrogen and oxygen atoms in total. The molecule has 0 N–H and O–H groups in total. The van der Waals surface area contributed by atoms with Crippen LogP contribution < -0.4 is 0 Å². The Kier molecular flexibility index (Phi) is 5.99. The molecule has 46 heavy (non-hydrogen) atoms. The second-order valence-electron chi connectivity index (χ2n) is 11.0. The van der Waals surface area contributed by atoms with Crippen LogP contribution in [0.4, 0.5) is 0 Å². The van der Waals surface area contributed by atoms with E-state index in [-0.39, 0.29) is 0 Å².